The molecule has 1 nitrogen and oxygen atoms in total. The normalized spacial score (nSPS) is 21.0. The van der Waals surface area contributed by atoms with Gasteiger partial charge >= 0.3 is 0 Å². The molecule has 0 aliphatic heterocycles. The Balaban J connectivity index is 1.89. The van der Waals surface area contributed by atoms with Gasteiger partial charge in [0.1, 0.15) is 0 Å². The van der Waals surface area contributed by atoms with E-state index in [1.54, 1.807) is 0 Å². The number of hydrogen-bond donors (Lipinski definition) is 1. The van der Waals surface area contributed by atoms with Gasteiger partial charge in [-0.15, -0.1) is 0 Å². The Morgan fingerprint density at radius 3 is 2.52 bits per heavy atom. The van der Waals surface area contributed by atoms with Crippen molar-refractivity contribution < 1.29 is 0 Å². The van der Waals surface area contributed by atoms with Crippen LogP contribution in [-0.4, -0.2) is 0 Å². The standard InChI is InChI=1S/C19H22BrN/c1-13(15-9-6-7-11-17(15)20)21-18-16-10-5-4-8-14(16)12-19(18,2)3/h4-11,13,18,21H,12H2,1-3H3/t13-,18?/m0/s1. The maximum Gasteiger partial charge on any atom is 0.0382 e. The molecule has 21 heavy (non-hydrogen) atoms. The van der Waals surface area contributed by atoms with Crippen molar-refractivity contribution in [3.05, 3.63) is 69.7 Å². The molecule has 0 amide bonds. The Hall–Kier alpha value is -1.12. The van der Waals surface area contributed by atoms with Crippen molar-refractivity contribution in [2.45, 2.75) is 39.3 Å². The van der Waals surface area contributed by atoms with E-state index in [9.17, 15) is 0 Å². The molecule has 1 unspecified atom stereocenters. The van der Waals surface area contributed by atoms with Crippen LogP contribution in [-0.2, 0) is 6.42 Å². The zero-order valence-electron chi connectivity index (χ0n) is 12.9. The Bertz CT molecular complexity index is 648. The molecule has 2 heteroatoms. The van der Waals surface area contributed by atoms with E-state index >= 15 is 0 Å². The Morgan fingerprint density at radius 2 is 1.76 bits per heavy atom. The lowest BCUT2D eigenvalue weighted by Crippen LogP contribution is -2.33. The third-order valence-corrected chi connectivity index (χ3v) is 5.30. The van der Waals surface area contributed by atoms with E-state index in [1.807, 2.05) is 0 Å². The second-order valence-corrected chi connectivity index (χ2v) is 7.56. The molecule has 1 aliphatic carbocycles. The summed E-state index contributed by atoms with van der Waals surface area (Å²) in [5, 5.41) is 3.85. The molecule has 0 radical (unpaired) electrons. The van der Waals surface area contributed by atoms with Crippen molar-refractivity contribution in [3.63, 3.8) is 0 Å². The van der Waals surface area contributed by atoms with E-state index < -0.39 is 0 Å². The highest BCUT2D eigenvalue weighted by atomic mass is 79.9. The number of hydrogen-bond acceptors (Lipinski definition) is 1. The highest BCUT2D eigenvalue weighted by Gasteiger charge is 2.39. The highest BCUT2D eigenvalue weighted by molar-refractivity contribution is 9.10. The van der Waals surface area contributed by atoms with E-state index in [0.29, 0.717) is 12.1 Å². The molecule has 0 saturated heterocycles. The van der Waals surface area contributed by atoms with E-state index in [0.717, 1.165) is 6.42 Å². The van der Waals surface area contributed by atoms with Gasteiger partial charge in [-0.1, -0.05) is 72.2 Å². The minimum Gasteiger partial charge on any atom is -0.303 e. The van der Waals surface area contributed by atoms with Crippen LogP contribution < -0.4 is 5.32 Å². The van der Waals surface area contributed by atoms with Gasteiger partial charge in [0.25, 0.3) is 0 Å². The fourth-order valence-corrected chi connectivity index (χ4v) is 4.10. The molecule has 0 bridgehead atoms. The van der Waals surface area contributed by atoms with E-state index in [1.165, 1.54) is 21.2 Å². The third-order valence-electron chi connectivity index (χ3n) is 4.58. The largest absolute Gasteiger partial charge is 0.303 e. The average Bonchev–Trinajstić information content (AvgIpc) is 2.70. The topological polar surface area (TPSA) is 12.0 Å². The van der Waals surface area contributed by atoms with E-state index in [-0.39, 0.29) is 5.41 Å². The van der Waals surface area contributed by atoms with Gasteiger partial charge in [-0.3, -0.25) is 0 Å². The van der Waals surface area contributed by atoms with Crippen LogP contribution in [0.25, 0.3) is 0 Å². The van der Waals surface area contributed by atoms with Crippen LogP contribution in [0.4, 0.5) is 0 Å². The second-order valence-electron chi connectivity index (χ2n) is 6.71. The van der Waals surface area contributed by atoms with Crippen molar-refractivity contribution in [1.29, 1.82) is 0 Å². The molecule has 0 spiro atoms. The molecule has 0 aromatic heterocycles. The molecule has 2 atom stereocenters. The maximum atomic E-state index is 3.85. The molecule has 1 aliphatic rings. The summed E-state index contributed by atoms with van der Waals surface area (Å²) in [6.45, 7) is 6.96. The molecule has 1 N–H and O–H groups in total. The first-order valence-corrected chi connectivity index (χ1v) is 8.36. The second kappa shape index (κ2) is 5.58. The zero-order chi connectivity index (χ0) is 15.0. The fourth-order valence-electron chi connectivity index (χ4n) is 3.47. The third kappa shape index (κ3) is 2.79. The van der Waals surface area contributed by atoms with Crippen molar-refractivity contribution in [2.24, 2.45) is 5.41 Å². The predicted octanol–water partition coefficient (Wildman–Crippen LogP) is 5.42. The molecule has 0 fully saturated rings. The minimum atomic E-state index is 0.249. The van der Waals surface area contributed by atoms with Crippen LogP contribution in [0.1, 0.15) is 49.5 Å². The summed E-state index contributed by atoms with van der Waals surface area (Å²) in [7, 11) is 0. The first-order valence-electron chi connectivity index (χ1n) is 7.57. The lowest BCUT2D eigenvalue weighted by atomic mass is 9.84. The van der Waals surface area contributed by atoms with Crippen LogP contribution in [0.15, 0.2) is 53.0 Å². The van der Waals surface area contributed by atoms with Crippen molar-refractivity contribution in [3.8, 4) is 0 Å². The first kappa shape index (κ1) is 14.8. The molecular weight excluding hydrogens is 322 g/mol. The van der Waals surface area contributed by atoms with E-state index in [4.69, 9.17) is 0 Å². The smallest absolute Gasteiger partial charge is 0.0382 e. The van der Waals surface area contributed by atoms with Gasteiger partial charge in [0.05, 0.1) is 0 Å². The molecule has 0 saturated carbocycles. The van der Waals surface area contributed by atoms with Crippen LogP contribution in [0.3, 0.4) is 0 Å². The lowest BCUT2D eigenvalue weighted by molar-refractivity contribution is 0.252. The molecule has 3 rings (SSSR count). The molecule has 2 aromatic rings. The molecular formula is C19H22BrN. The fraction of sp³-hybridized carbons (Fsp3) is 0.368. The van der Waals surface area contributed by atoms with Crippen molar-refractivity contribution in [2.75, 3.05) is 0 Å². The average molecular weight is 344 g/mol. The van der Waals surface area contributed by atoms with Gasteiger partial charge in [0, 0.05) is 16.6 Å². The van der Waals surface area contributed by atoms with Gasteiger partial charge in [0.2, 0.25) is 0 Å². The molecule has 2 aromatic carbocycles. The highest BCUT2D eigenvalue weighted by Crippen LogP contribution is 2.46. The van der Waals surface area contributed by atoms with Gasteiger partial charge in [-0.25, -0.2) is 0 Å². The Kier molecular flexibility index (Phi) is 3.94. The number of fused-ring (bicyclic) bond motifs is 1. The zero-order valence-corrected chi connectivity index (χ0v) is 14.4. The Labute approximate surface area is 135 Å². The molecule has 0 heterocycles. The van der Waals surface area contributed by atoms with Crippen LogP contribution in [0, 0.1) is 5.41 Å². The summed E-state index contributed by atoms with van der Waals surface area (Å²) in [6, 6.07) is 18.0. The number of rotatable bonds is 3. The first-order chi connectivity index (χ1) is 9.99. The summed E-state index contributed by atoms with van der Waals surface area (Å²) >= 11 is 3.67. The number of nitrogens with one attached hydrogen (secondary N) is 1. The quantitative estimate of drug-likeness (QED) is 0.784. The number of benzene rings is 2. The van der Waals surface area contributed by atoms with Crippen molar-refractivity contribution in [1.82, 2.24) is 5.32 Å². The van der Waals surface area contributed by atoms with Gasteiger partial charge in [-0.2, -0.15) is 0 Å². The summed E-state index contributed by atoms with van der Waals surface area (Å²) in [4.78, 5) is 0. The minimum absolute atomic E-state index is 0.249. The van der Waals surface area contributed by atoms with Crippen molar-refractivity contribution >= 4 is 15.9 Å². The van der Waals surface area contributed by atoms with Crippen LogP contribution in [0.5, 0.6) is 0 Å². The van der Waals surface area contributed by atoms with E-state index in [2.05, 4.69) is 90.5 Å². The van der Waals surface area contributed by atoms with Gasteiger partial charge in [-0.05, 0) is 41.5 Å². The SMILES string of the molecule is C[C@H](NC1c2ccccc2CC1(C)C)c1ccccc1Br. The summed E-state index contributed by atoms with van der Waals surface area (Å²) in [5.74, 6) is 0. The maximum absolute atomic E-state index is 3.85. The monoisotopic (exact) mass is 343 g/mol. The summed E-state index contributed by atoms with van der Waals surface area (Å²) in [5.41, 5.74) is 4.51. The van der Waals surface area contributed by atoms with Crippen LogP contribution in [0.2, 0.25) is 0 Å². The summed E-state index contributed by atoms with van der Waals surface area (Å²) < 4.78 is 1.18. The Morgan fingerprint density at radius 1 is 1.10 bits per heavy atom. The van der Waals surface area contributed by atoms with Gasteiger partial charge in [0.15, 0.2) is 0 Å². The predicted molar refractivity (Wildman–Crippen MR) is 92.4 cm³/mol. The van der Waals surface area contributed by atoms with Crippen LogP contribution >= 0.6 is 15.9 Å². The lowest BCUT2D eigenvalue weighted by Gasteiger charge is -2.32. The molecule has 110 valence electrons. The van der Waals surface area contributed by atoms with Gasteiger partial charge < -0.3 is 5.32 Å². The summed E-state index contributed by atoms with van der Waals surface area (Å²) in [6.07, 6.45) is 1.14. The number of halogens is 1.